The number of imidazole rings is 1. The number of carbonyl (C=O) groups is 1. The van der Waals surface area contributed by atoms with Gasteiger partial charge in [0, 0.05) is 43.3 Å². The second-order valence-electron chi connectivity index (χ2n) is 6.78. The minimum atomic E-state index is -0.125. The molecule has 0 unspecified atom stereocenters. The summed E-state index contributed by atoms with van der Waals surface area (Å²) in [5.74, 6) is 1.63. The van der Waals surface area contributed by atoms with Gasteiger partial charge in [0.25, 0.3) is 5.91 Å². The number of carbonyl (C=O) groups excluding carboxylic acids is 1. The zero-order valence-electron chi connectivity index (χ0n) is 14.7. The van der Waals surface area contributed by atoms with E-state index in [1.165, 1.54) is 25.1 Å². The lowest BCUT2D eigenvalue weighted by atomic mass is 9.85. The van der Waals surface area contributed by atoms with Crippen molar-refractivity contribution in [3.63, 3.8) is 0 Å². The fraction of sp³-hybridized carbons (Fsp3) is 0.421. The Balaban J connectivity index is 1.45. The van der Waals surface area contributed by atoms with E-state index in [0.29, 0.717) is 18.2 Å². The number of benzene rings is 1. The molecule has 3 aromatic rings. The molecular formula is C19H23N5O. The largest absolute Gasteiger partial charge is 0.349 e. The van der Waals surface area contributed by atoms with Crippen LogP contribution in [0.1, 0.15) is 47.2 Å². The van der Waals surface area contributed by atoms with Crippen molar-refractivity contribution in [2.75, 3.05) is 6.54 Å². The first kappa shape index (κ1) is 15.9. The molecule has 0 bridgehead atoms. The molecule has 0 spiro atoms. The number of aryl methyl sites for hydroxylation is 2. The third-order valence-corrected chi connectivity index (χ3v) is 5.15. The van der Waals surface area contributed by atoms with Gasteiger partial charge in [-0.1, -0.05) is 24.6 Å². The summed E-state index contributed by atoms with van der Waals surface area (Å²) >= 11 is 0. The molecule has 6 heteroatoms. The van der Waals surface area contributed by atoms with E-state index < -0.39 is 0 Å². The van der Waals surface area contributed by atoms with Gasteiger partial charge in [0.2, 0.25) is 0 Å². The first-order valence-electron chi connectivity index (χ1n) is 8.87. The molecule has 1 fully saturated rings. The SMILES string of the molecule is Cc1cnc(C2CCC2)n1CCNC(=O)c1nn(C)c2ccccc12. The molecule has 4 rings (SSSR count). The van der Waals surface area contributed by atoms with Gasteiger partial charge in [0.15, 0.2) is 5.69 Å². The molecule has 0 saturated heterocycles. The number of aromatic nitrogens is 4. The maximum Gasteiger partial charge on any atom is 0.272 e. The van der Waals surface area contributed by atoms with E-state index in [0.717, 1.165) is 23.1 Å². The van der Waals surface area contributed by atoms with Crippen LogP contribution in [0.15, 0.2) is 30.5 Å². The fourth-order valence-corrected chi connectivity index (χ4v) is 3.51. The van der Waals surface area contributed by atoms with Crippen LogP contribution in [-0.2, 0) is 13.6 Å². The summed E-state index contributed by atoms with van der Waals surface area (Å²) in [5, 5.41) is 8.27. The van der Waals surface area contributed by atoms with Crippen LogP contribution in [0, 0.1) is 6.92 Å². The molecule has 2 heterocycles. The third-order valence-electron chi connectivity index (χ3n) is 5.15. The van der Waals surface area contributed by atoms with Gasteiger partial charge in [0.05, 0.1) is 5.52 Å². The normalized spacial score (nSPS) is 14.6. The molecule has 0 aliphatic heterocycles. The number of fused-ring (bicyclic) bond motifs is 1. The highest BCUT2D eigenvalue weighted by atomic mass is 16.1. The summed E-state index contributed by atoms with van der Waals surface area (Å²) in [4.78, 5) is 17.1. The van der Waals surface area contributed by atoms with Gasteiger partial charge in [-0.25, -0.2) is 4.98 Å². The number of hydrogen-bond acceptors (Lipinski definition) is 3. The molecule has 1 aromatic carbocycles. The zero-order valence-corrected chi connectivity index (χ0v) is 14.7. The van der Waals surface area contributed by atoms with Gasteiger partial charge in [-0.05, 0) is 25.8 Å². The predicted octanol–water partition coefficient (Wildman–Crippen LogP) is 2.78. The van der Waals surface area contributed by atoms with Crippen molar-refractivity contribution in [1.82, 2.24) is 24.6 Å². The van der Waals surface area contributed by atoms with Crippen LogP contribution >= 0.6 is 0 Å². The molecule has 25 heavy (non-hydrogen) atoms. The Kier molecular flexibility index (Phi) is 4.03. The quantitative estimate of drug-likeness (QED) is 0.778. The van der Waals surface area contributed by atoms with Gasteiger partial charge >= 0.3 is 0 Å². The molecule has 1 amide bonds. The molecule has 2 aromatic heterocycles. The molecule has 130 valence electrons. The number of para-hydroxylation sites is 1. The average Bonchev–Trinajstić information content (AvgIpc) is 3.08. The lowest BCUT2D eigenvalue weighted by Gasteiger charge is -2.26. The van der Waals surface area contributed by atoms with E-state index in [-0.39, 0.29) is 5.91 Å². The Bertz CT molecular complexity index is 919. The van der Waals surface area contributed by atoms with Crippen molar-refractivity contribution in [3.8, 4) is 0 Å². The van der Waals surface area contributed by atoms with Crippen LogP contribution in [0.25, 0.3) is 10.9 Å². The van der Waals surface area contributed by atoms with Crippen LogP contribution in [0.5, 0.6) is 0 Å². The molecule has 0 atom stereocenters. The predicted molar refractivity (Wildman–Crippen MR) is 96.6 cm³/mol. The molecule has 1 N–H and O–H groups in total. The number of nitrogens with one attached hydrogen (secondary N) is 1. The minimum Gasteiger partial charge on any atom is -0.349 e. The number of rotatable bonds is 5. The standard InChI is InChI=1S/C19H23N5O/c1-13-12-21-18(14-6-5-7-14)24(13)11-10-20-19(25)17-15-8-3-4-9-16(15)23(2)22-17/h3-4,8-9,12,14H,5-7,10-11H2,1-2H3,(H,20,25). The Morgan fingerprint density at radius 1 is 1.32 bits per heavy atom. The molecule has 1 aliphatic rings. The van der Waals surface area contributed by atoms with E-state index in [4.69, 9.17) is 0 Å². The first-order chi connectivity index (χ1) is 12.1. The number of amides is 1. The van der Waals surface area contributed by atoms with Crippen molar-refractivity contribution < 1.29 is 4.79 Å². The van der Waals surface area contributed by atoms with E-state index in [9.17, 15) is 4.79 Å². The lowest BCUT2D eigenvalue weighted by Crippen LogP contribution is -2.29. The van der Waals surface area contributed by atoms with Crippen molar-refractivity contribution in [3.05, 3.63) is 47.7 Å². The van der Waals surface area contributed by atoms with Crippen LogP contribution in [0.4, 0.5) is 0 Å². The summed E-state index contributed by atoms with van der Waals surface area (Å²) < 4.78 is 3.99. The highest BCUT2D eigenvalue weighted by Crippen LogP contribution is 2.35. The van der Waals surface area contributed by atoms with E-state index in [1.54, 1.807) is 4.68 Å². The summed E-state index contributed by atoms with van der Waals surface area (Å²) in [6, 6.07) is 7.79. The third kappa shape index (κ3) is 2.81. The van der Waals surface area contributed by atoms with Crippen molar-refractivity contribution in [1.29, 1.82) is 0 Å². The van der Waals surface area contributed by atoms with Gasteiger partial charge in [-0.3, -0.25) is 9.48 Å². The van der Waals surface area contributed by atoms with E-state index in [1.807, 2.05) is 37.5 Å². The van der Waals surface area contributed by atoms with Crippen LogP contribution in [0.3, 0.4) is 0 Å². The maximum atomic E-state index is 12.6. The molecule has 1 aliphatic carbocycles. The Labute approximate surface area is 146 Å². The van der Waals surface area contributed by atoms with Crippen LogP contribution in [0.2, 0.25) is 0 Å². The summed E-state index contributed by atoms with van der Waals surface area (Å²) in [5.41, 5.74) is 2.60. The minimum absolute atomic E-state index is 0.125. The van der Waals surface area contributed by atoms with Gasteiger partial charge in [-0.15, -0.1) is 0 Å². The fourth-order valence-electron chi connectivity index (χ4n) is 3.51. The second-order valence-corrected chi connectivity index (χ2v) is 6.78. The second kappa shape index (κ2) is 6.35. The Morgan fingerprint density at radius 2 is 2.12 bits per heavy atom. The monoisotopic (exact) mass is 337 g/mol. The van der Waals surface area contributed by atoms with Gasteiger partial charge in [-0.2, -0.15) is 5.10 Å². The molecular weight excluding hydrogens is 314 g/mol. The number of nitrogens with zero attached hydrogens (tertiary/aromatic N) is 4. The van der Waals surface area contributed by atoms with Crippen molar-refractivity contribution in [2.24, 2.45) is 7.05 Å². The van der Waals surface area contributed by atoms with Crippen LogP contribution in [-0.4, -0.2) is 31.8 Å². The average molecular weight is 337 g/mol. The highest BCUT2D eigenvalue weighted by Gasteiger charge is 2.24. The zero-order chi connectivity index (χ0) is 17.4. The summed E-state index contributed by atoms with van der Waals surface area (Å²) in [6.07, 6.45) is 5.67. The smallest absolute Gasteiger partial charge is 0.272 e. The molecule has 0 radical (unpaired) electrons. The van der Waals surface area contributed by atoms with E-state index >= 15 is 0 Å². The topological polar surface area (TPSA) is 64.7 Å². The Morgan fingerprint density at radius 3 is 2.88 bits per heavy atom. The van der Waals surface area contributed by atoms with Crippen LogP contribution < -0.4 is 5.32 Å². The van der Waals surface area contributed by atoms with Gasteiger partial charge < -0.3 is 9.88 Å². The highest BCUT2D eigenvalue weighted by molar-refractivity contribution is 6.04. The van der Waals surface area contributed by atoms with Crippen molar-refractivity contribution in [2.45, 2.75) is 38.6 Å². The Hall–Kier alpha value is -2.63. The van der Waals surface area contributed by atoms with Crippen molar-refractivity contribution >= 4 is 16.8 Å². The molecule has 6 nitrogen and oxygen atoms in total. The lowest BCUT2D eigenvalue weighted by molar-refractivity contribution is 0.0948. The maximum absolute atomic E-state index is 12.6. The number of hydrogen-bond donors (Lipinski definition) is 1. The van der Waals surface area contributed by atoms with Gasteiger partial charge in [0.1, 0.15) is 5.82 Å². The summed E-state index contributed by atoms with van der Waals surface area (Å²) in [6.45, 7) is 3.39. The van der Waals surface area contributed by atoms with E-state index in [2.05, 4.69) is 26.9 Å². The first-order valence-corrected chi connectivity index (χ1v) is 8.87. The molecule has 1 saturated carbocycles. The summed E-state index contributed by atoms with van der Waals surface area (Å²) in [7, 11) is 1.86.